The van der Waals surface area contributed by atoms with E-state index in [1.807, 2.05) is 42.5 Å². The Morgan fingerprint density at radius 3 is 2.30 bits per heavy atom. The van der Waals surface area contributed by atoms with Gasteiger partial charge in [0.1, 0.15) is 0 Å². The Kier molecular flexibility index (Phi) is 5.46. The monoisotopic (exact) mass is 415 g/mol. The van der Waals surface area contributed by atoms with E-state index in [-0.39, 0.29) is 11.8 Å². The number of nitrogens with zero attached hydrogens (tertiary/aromatic N) is 1. The molecule has 4 rings (SSSR count). The normalized spacial score (nSPS) is 10.6. The highest BCUT2D eigenvalue weighted by molar-refractivity contribution is 6.33. The molecule has 2 N–H and O–H groups in total. The first-order chi connectivity index (χ1) is 14.6. The molecule has 0 aliphatic carbocycles. The molecular formula is C24H18ClN3O2. The van der Waals surface area contributed by atoms with Crippen molar-refractivity contribution in [3.8, 4) is 11.3 Å². The Bertz CT molecular complexity index is 1250. The molecule has 4 aromatic rings. The molecule has 1 heterocycles. The first-order valence-corrected chi connectivity index (χ1v) is 9.73. The maximum Gasteiger partial charge on any atom is 0.256 e. The quantitative estimate of drug-likeness (QED) is 0.483. The Morgan fingerprint density at radius 1 is 0.867 bits per heavy atom. The highest BCUT2D eigenvalue weighted by Crippen LogP contribution is 2.30. The molecule has 0 aliphatic rings. The number of aromatic nitrogens is 1. The number of fused-ring (bicyclic) bond motifs is 1. The van der Waals surface area contributed by atoms with Crippen LogP contribution in [0.1, 0.15) is 20.7 Å². The predicted molar refractivity (Wildman–Crippen MR) is 120 cm³/mol. The lowest BCUT2D eigenvalue weighted by Gasteiger charge is -2.12. The van der Waals surface area contributed by atoms with Crippen LogP contribution >= 0.6 is 11.6 Å². The van der Waals surface area contributed by atoms with Gasteiger partial charge in [0.05, 0.1) is 16.8 Å². The highest BCUT2D eigenvalue weighted by Gasteiger charge is 2.15. The van der Waals surface area contributed by atoms with Gasteiger partial charge in [-0.25, -0.2) is 4.98 Å². The zero-order chi connectivity index (χ0) is 21.1. The van der Waals surface area contributed by atoms with Gasteiger partial charge < -0.3 is 10.6 Å². The first-order valence-electron chi connectivity index (χ1n) is 9.35. The fourth-order valence-corrected chi connectivity index (χ4v) is 3.45. The van der Waals surface area contributed by atoms with Gasteiger partial charge in [-0.05, 0) is 42.5 Å². The fraction of sp³-hybridized carbons (Fsp3) is 0.0417. The summed E-state index contributed by atoms with van der Waals surface area (Å²) in [6.45, 7) is 0. The van der Waals surface area contributed by atoms with Gasteiger partial charge in [-0.2, -0.15) is 0 Å². The summed E-state index contributed by atoms with van der Waals surface area (Å²) in [5.41, 5.74) is 3.69. The number of halogens is 1. The molecule has 0 saturated carbocycles. The second-order valence-corrected chi connectivity index (χ2v) is 7.07. The average Bonchev–Trinajstić information content (AvgIpc) is 2.78. The number of anilines is 1. The average molecular weight is 416 g/mol. The van der Waals surface area contributed by atoms with Gasteiger partial charge in [0.2, 0.25) is 0 Å². The molecule has 148 valence electrons. The molecule has 0 aliphatic heterocycles. The van der Waals surface area contributed by atoms with E-state index in [2.05, 4.69) is 15.6 Å². The van der Waals surface area contributed by atoms with Crippen molar-refractivity contribution in [2.24, 2.45) is 0 Å². The minimum atomic E-state index is -0.269. The topological polar surface area (TPSA) is 71.1 Å². The van der Waals surface area contributed by atoms with E-state index in [4.69, 9.17) is 11.6 Å². The summed E-state index contributed by atoms with van der Waals surface area (Å²) in [5, 5.41) is 6.78. The van der Waals surface area contributed by atoms with E-state index in [1.165, 1.54) is 0 Å². The van der Waals surface area contributed by atoms with Crippen molar-refractivity contribution in [2.75, 3.05) is 12.4 Å². The van der Waals surface area contributed by atoms with E-state index in [0.717, 1.165) is 10.9 Å². The van der Waals surface area contributed by atoms with Crippen molar-refractivity contribution in [1.82, 2.24) is 10.3 Å². The van der Waals surface area contributed by atoms with Crippen molar-refractivity contribution >= 4 is 40.0 Å². The van der Waals surface area contributed by atoms with Crippen LogP contribution < -0.4 is 10.6 Å². The van der Waals surface area contributed by atoms with Crippen LogP contribution in [0.25, 0.3) is 22.2 Å². The third-order valence-electron chi connectivity index (χ3n) is 4.74. The largest absolute Gasteiger partial charge is 0.355 e. The number of pyridine rings is 1. The van der Waals surface area contributed by atoms with Crippen LogP contribution in [0.15, 0.2) is 78.9 Å². The minimum absolute atomic E-state index is 0.183. The van der Waals surface area contributed by atoms with Crippen LogP contribution in [0.2, 0.25) is 5.02 Å². The van der Waals surface area contributed by atoms with Crippen molar-refractivity contribution in [2.45, 2.75) is 0 Å². The predicted octanol–water partition coefficient (Wildman–Crippen LogP) is 5.17. The summed E-state index contributed by atoms with van der Waals surface area (Å²) in [4.78, 5) is 29.5. The van der Waals surface area contributed by atoms with Crippen molar-refractivity contribution in [3.63, 3.8) is 0 Å². The van der Waals surface area contributed by atoms with Gasteiger partial charge in [0, 0.05) is 34.3 Å². The minimum Gasteiger partial charge on any atom is -0.355 e. The molecule has 0 radical (unpaired) electrons. The number of hydrogen-bond acceptors (Lipinski definition) is 3. The SMILES string of the molecule is CNC(=O)c1ccc(NC(=O)c2cc(-c3ccccc3Cl)nc3ccccc23)cc1. The smallest absolute Gasteiger partial charge is 0.256 e. The fourth-order valence-electron chi connectivity index (χ4n) is 3.22. The Morgan fingerprint density at radius 2 is 1.57 bits per heavy atom. The second-order valence-electron chi connectivity index (χ2n) is 6.66. The standard InChI is InChI=1S/C24H18ClN3O2/c1-26-23(29)15-10-12-16(13-11-15)27-24(30)19-14-22(18-7-2-4-8-20(18)25)28-21-9-5-3-6-17(19)21/h2-14H,1H3,(H,26,29)(H,27,30). The number of carbonyl (C=O) groups is 2. The Hall–Kier alpha value is -3.70. The van der Waals surface area contributed by atoms with Crippen LogP contribution in [0.5, 0.6) is 0 Å². The van der Waals surface area contributed by atoms with Gasteiger partial charge in [-0.3, -0.25) is 9.59 Å². The third-order valence-corrected chi connectivity index (χ3v) is 5.07. The summed E-state index contributed by atoms with van der Waals surface area (Å²) >= 11 is 6.35. The van der Waals surface area contributed by atoms with Gasteiger partial charge in [0.25, 0.3) is 11.8 Å². The number of carbonyl (C=O) groups excluding carboxylic acids is 2. The molecule has 2 amide bonds. The second kappa shape index (κ2) is 8.35. The number of para-hydroxylation sites is 1. The summed E-state index contributed by atoms with van der Waals surface area (Å²) in [6.07, 6.45) is 0. The molecule has 0 spiro atoms. The number of hydrogen-bond donors (Lipinski definition) is 2. The lowest BCUT2D eigenvalue weighted by molar-refractivity contribution is 0.0962. The van der Waals surface area contributed by atoms with Crippen LogP contribution in [-0.2, 0) is 0 Å². The molecule has 6 heteroatoms. The van der Waals surface area contributed by atoms with Gasteiger partial charge in [0.15, 0.2) is 0 Å². The number of rotatable bonds is 4. The lowest BCUT2D eigenvalue weighted by atomic mass is 10.0. The first kappa shape index (κ1) is 19.6. The summed E-state index contributed by atoms with van der Waals surface area (Å²) in [5.74, 6) is -0.452. The van der Waals surface area contributed by atoms with E-state index >= 15 is 0 Å². The molecular weight excluding hydrogens is 398 g/mol. The molecule has 0 unspecified atom stereocenters. The highest BCUT2D eigenvalue weighted by atomic mass is 35.5. The third kappa shape index (κ3) is 3.88. The number of amides is 2. The van der Waals surface area contributed by atoms with Gasteiger partial charge in [-0.1, -0.05) is 48.0 Å². The molecule has 3 aromatic carbocycles. The van der Waals surface area contributed by atoms with E-state index in [9.17, 15) is 9.59 Å². The number of nitrogens with one attached hydrogen (secondary N) is 2. The maximum atomic E-state index is 13.1. The molecule has 0 fully saturated rings. The molecule has 30 heavy (non-hydrogen) atoms. The Labute approximate surface area is 178 Å². The van der Waals surface area contributed by atoms with Crippen molar-refractivity contribution in [3.05, 3.63) is 95.0 Å². The van der Waals surface area contributed by atoms with Gasteiger partial charge in [-0.15, -0.1) is 0 Å². The van der Waals surface area contributed by atoms with E-state index in [0.29, 0.717) is 33.0 Å². The summed E-state index contributed by atoms with van der Waals surface area (Å²) < 4.78 is 0. The van der Waals surface area contributed by atoms with E-state index in [1.54, 1.807) is 43.4 Å². The zero-order valence-corrected chi connectivity index (χ0v) is 16.9. The summed E-state index contributed by atoms with van der Waals surface area (Å²) in [6, 6.07) is 23.3. The Balaban J connectivity index is 1.73. The van der Waals surface area contributed by atoms with E-state index < -0.39 is 0 Å². The zero-order valence-electron chi connectivity index (χ0n) is 16.1. The van der Waals surface area contributed by atoms with Crippen LogP contribution in [0.4, 0.5) is 5.69 Å². The summed E-state index contributed by atoms with van der Waals surface area (Å²) in [7, 11) is 1.57. The number of benzene rings is 3. The molecule has 5 nitrogen and oxygen atoms in total. The molecule has 0 bridgehead atoms. The van der Waals surface area contributed by atoms with Crippen LogP contribution in [0.3, 0.4) is 0 Å². The van der Waals surface area contributed by atoms with Crippen LogP contribution in [0, 0.1) is 0 Å². The van der Waals surface area contributed by atoms with Gasteiger partial charge >= 0.3 is 0 Å². The van der Waals surface area contributed by atoms with Crippen molar-refractivity contribution < 1.29 is 9.59 Å². The van der Waals surface area contributed by atoms with Crippen molar-refractivity contribution in [1.29, 1.82) is 0 Å². The maximum absolute atomic E-state index is 13.1. The van der Waals surface area contributed by atoms with Crippen LogP contribution in [-0.4, -0.2) is 23.8 Å². The molecule has 0 saturated heterocycles. The molecule has 1 aromatic heterocycles. The molecule has 0 atom stereocenters. The lowest BCUT2D eigenvalue weighted by Crippen LogP contribution is -2.18.